The zero-order valence-corrected chi connectivity index (χ0v) is 7.71. The molecular formula is C9H16N2O2. The molecule has 0 aromatic carbocycles. The van der Waals surface area contributed by atoms with Crippen LogP contribution in [0.3, 0.4) is 0 Å². The fourth-order valence-corrected chi connectivity index (χ4v) is 1.17. The van der Waals surface area contributed by atoms with E-state index in [1.54, 1.807) is 6.08 Å². The summed E-state index contributed by atoms with van der Waals surface area (Å²) in [5, 5.41) is 5.56. The van der Waals surface area contributed by atoms with Gasteiger partial charge in [-0.05, 0) is 12.8 Å². The Labute approximate surface area is 78.3 Å². The van der Waals surface area contributed by atoms with Crippen LogP contribution in [0.15, 0.2) is 12.7 Å². The molecule has 0 aliphatic carbocycles. The molecule has 0 aromatic heterocycles. The Balaban J connectivity index is 2.05. The first kappa shape index (κ1) is 10.1. The van der Waals surface area contributed by atoms with Crippen molar-refractivity contribution in [2.24, 2.45) is 0 Å². The second kappa shape index (κ2) is 5.59. The van der Waals surface area contributed by atoms with Gasteiger partial charge < -0.3 is 15.4 Å². The van der Waals surface area contributed by atoms with E-state index in [4.69, 9.17) is 4.74 Å². The van der Waals surface area contributed by atoms with Crippen LogP contribution in [0.4, 0.5) is 4.79 Å². The summed E-state index contributed by atoms with van der Waals surface area (Å²) in [6.45, 7) is 5.59. The summed E-state index contributed by atoms with van der Waals surface area (Å²) < 4.78 is 5.12. The summed E-state index contributed by atoms with van der Waals surface area (Å²) >= 11 is 0. The third kappa shape index (κ3) is 3.94. The predicted octanol–water partition coefficient (Wildman–Crippen LogP) is 0.651. The molecule has 4 nitrogen and oxygen atoms in total. The van der Waals surface area contributed by atoms with Crippen LogP contribution in [-0.4, -0.2) is 31.8 Å². The third-order valence-electron chi connectivity index (χ3n) is 1.90. The molecule has 2 N–H and O–H groups in total. The van der Waals surface area contributed by atoms with E-state index in [1.165, 1.54) is 0 Å². The minimum absolute atomic E-state index is 0.114. The van der Waals surface area contributed by atoms with Crippen molar-refractivity contribution in [3.8, 4) is 0 Å². The molecule has 1 saturated heterocycles. The normalized spacial score (nSPS) is 21.1. The maximum atomic E-state index is 11.2. The van der Waals surface area contributed by atoms with Gasteiger partial charge in [-0.2, -0.15) is 0 Å². The van der Waals surface area contributed by atoms with Crippen molar-refractivity contribution in [2.45, 2.75) is 18.9 Å². The van der Waals surface area contributed by atoms with Gasteiger partial charge in [-0.25, -0.2) is 4.79 Å². The molecule has 13 heavy (non-hydrogen) atoms. The zero-order chi connectivity index (χ0) is 9.52. The standard InChI is InChI=1S/C9H16N2O2/c1-2-3-5-10-9(12)11-8-4-6-13-7-8/h2,8H,1,3-7H2,(H2,10,11,12). The van der Waals surface area contributed by atoms with Crippen molar-refractivity contribution in [2.75, 3.05) is 19.8 Å². The Morgan fingerprint density at radius 2 is 2.54 bits per heavy atom. The van der Waals surface area contributed by atoms with E-state index >= 15 is 0 Å². The fourth-order valence-electron chi connectivity index (χ4n) is 1.17. The van der Waals surface area contributed by atoms with Crippen LogP contribution in [-0.2, 0) is 4.74 Å². The monoisotopic (exact) mass is 184 g/mol. The van der Waals surface area contributed by atoms with Crippen LogP contribution < -0.4 is 10.6 Å². The largest absolute Gasteiger partial charge is 0.379 e. The molecule has 0 aromatic rings. The van der Waals surface area contributed by atoms with Gasteiger partial charge in [0.2, 0.25) is 0 Å². The van der Waals surface area contributed by atoms with Crippen LogP contribution in [0.2, 0.25) is 0 Å². The van der Waals surface area contributed by atoms with Crippen LogP contribution in [0, 0.1) is 0 Å². The van der Waals surface area contributed by atoms with Gasteiger partial charge >= 0.3 is 6.03 Å². The Bertz CT molecular complexity index is 176. The summed E-state index contributed by atoms with van der Waals surface area (Å²) in [4.78, 5) is 11.2. The van der Waals surface area contributed by atoms with Gasteiger partial charge in [-0.15, -0.1) is 6.58 Å². The van der Waals surface area contributed by atoms with E-state index < -0.39 is 0 Å². The van der Waals surface area contributed by atoms with E-state index in [1.807, 2.05) is 0 Å². The quantitative estimate of drug-likeness (QED) is 0.498. The number of urea groups is 1. The van der Waals surface area contributed by atoms with Gasteiger partial charge in [0.25, 0.3) is 0 Å². The van der Waals surface area contributed by atoms with Crippen molar-refractivity contribution >= 4 is 6.03 Å². The van der Waals surface area contributed by atoms with Gasteiger partial charge in [-0.1, -0.05) is 6.08 Å². The van der Waals surface area contributed by atoms with Crippen molar-refractivity contribution < 1.29 is 9.53 Å². The number of carbonyl (C=O) groups is 1. The lowest BCUT2D eigenvalue weighted by atomic mass is 10.3. The molecule has 0 spiro atoms. The highest BCUT2D eigenvalue weighted by molar-refractivity contribution is 5.74. The van der Waals surface area contributed by atoms with Gasteiger partial charge in [0.15, 0.2) is 0 Å². The van der Waals surface area contributed by atoms with Crippen LogP contribution in [0.25, 0.3) is 0 Å². The smallest absolute Gasteiger partial charge is 0.315 e. The number of hydrogen-bond acceptors (Lipinski definition) is 2. The Kier molecular flexibility index (Phi) is 4.32. The average molecular weight is 184 g/mol. The Hall–Kier alpha value is -1.03. The number of ether oxygens (including phenoxy) is 1. The molecule has 1 rings (SSSR count). The average Bonchev–Trinajstić information content (AvgIpc) is 2.57. The van der Waals surface area contributed by atoms with Crippen LogP contribution in [0.5, 0.6) is 0 Å². The lowest BCUT2D eigenvalue weighted by Gasteiger charge is -2.10. The number of nitrogens with one attached hydrogen (secondary N) is 2. The minimum Gasteiger partial charge on any atom is -0.379 e. The first-order chi connectivity index (χ1) is 6.33. The van der Waals surface area contributed by atoms with E-state index in [0.29, 0.717) is 13.2 Å². The molecular weight excluding hydrogens is 168 g/mol. The predicted molar refractivity (Wildman–Crippen MR) is 50.6 cm³/mol. The molecule has 0 radical (unpaired) electrons. The van der Waals surface area contributed by atoms with Gasteiger partial charge in [0, 0.05) is 13.2 Å². The molecule has 1 aliphatic heterocycles. The maximum absolute atomic E-state index is 11.2. The summed E-state index contributed by atoms with van der Waals surface area (Å²) in [5.74, 6) is 0. The lowest BCUT2D eigenvalue weighted by molar-refractivity contribution is 0.188. The van der Waals surface area contributed by atoms with Gasteiger partial charge in [0.1, 0.15) is 0 Å². The lowest BCUT2D eigenvalue weighted by Crippen LogP contribution is -2.42. The molecule has 1 fully saturated rings. The zero-order valence-electron chi connectivity index (χ0n) is 7.71. The molecule has 4 heteroatoms. The molecule has 1 atom stereocenters. The molecule has 2 amide bonds. The number of carbonyl (C=O) groups excluding carboxylic acids is 1. The minimum atomic E-state index is -0.114. The van der Waals surface area contributed by atoms with Crippen molar-refractivity contribution in [1.82, 2.24) is 10.6 Å². The van der Waals surface area contributed by atoms with E-state index in [2.05, 4.69) is 17.2 Å². The van der Waals surface area contributed by atoms with Crippen LogP contribution in [0.1, 0.15) is 12.8 Å². The Morgan fingerprint density at radius 1 is 1.69 bits per heavy atom. The summed E-state index contributed by atoms with van der Waals surface area (Å²) in [7, 11) is 0. The third-order valence-corrected chi connectivity index (χ3v) is 1.90. The Morgan fingerprint density at radius 3 is 3.15 bits per heavy atom. The highest BCUT2D eigenvalue weighted by Crippen LogP contribution is 2.02. The summed E-state index contributed by atoms with van der Waals surface area (Å²) in [6, 6.07) is 0.0704. The topological polar surface area (TPSA) is 50.4 Å². The van der Waals surface area contributed by atoms with E-state index in [0.717, 1.165) is 19.4 Å². The maximum Gasteiger partial charge on any atom is 0.315 e. The highest BCUT2D eigenvalue weighted by Gasteiger charge is 2.16. The second-order valence-corrected chi connectivity index (χ2v) is 3.04. The van der Waals surface area contributed by atoms with Crippen LogP contribution >= 0.6 is 0 Å². The van der Waals surface area contributed by atoms with E-state index in [-0.39, 0.29) is 12.1 Å². The molecule has 1 unspecified atom stereocenters. The number of hydrogen-bond donors (Lipinski definition) is 2. The first-order valence-corrected chi connectivity index (χ1v) is 4.56. The van der Waals surface area contributed by atoms with Crippen molar-refractivity contribution in [1.29, 1.82) is 0 Å². The van der Waals surface area contributed by atoms with E-state index in [9.17, 15) is 4.79 Å². The summed E-state index contributed by atoms with van der Waals surface area (Å²) in [5.41, 5.74) is 0. The number of rotatable bonds is 4. The van der Waals surface area contributed by atoms with Crippen molar-refractivity contribution in [3.05, 3.63) is 12.7 Å². The summed E-state index contributed by atoms with van der Waals surface area (Å²) in [6.07, 6.45) is 3.49. The molecule has 74 valence electrons. The van der Waals surface area contributed by atoms with Gasteiger partial charge in [-0.3, -0.25) is 0 Å². The molecule has 0 saturated carbocycles. The molecule has 1 aliphatic rings. The molecule has 1 heterocycles. The fraction of sp³-hybridized carbons (Fsp3) is 0.667. The highest BCUT2D eigenvalue weighted by atomic mass is 16.5. The molecule has 0 bridgehead atoms. The first-order valence-electron chi connectivity index (χ1n) is 4.56. The van der Waals surface area contributed by atoms with Gasteiger partial charge in [0.05, 0.1) is 12.6 Å². The second-order valence-electron chi connectivity index (χ2n) is 3.04. The SMILES string of the molecule is C=CCCNC(=O)NC1CCOC1. The van der Waals surface area contributed by atoms with Crippen molar-refractivity contribution in [3.63, 3.8) is 0 Å². The number of amides is 2.